The van der Waals surface area contributed by atoms with Gasteiger partial charge in [0.1, 0.15) is 11.3 Å². The molecule has 2 aromatic rings. The number of ether oxygens (including phenoxy) is 1. The monoisotopic (exact) mass is 267 g/mol. The topological polar surface area (TPSA) is 39.9 Å². The van der Waals surface area contributed by atoms with Gasteiger partial charge in [0.2, 0.25) is 0 Å². The van der Waals surface area contributed by atoms with Crippen LogP contribution in [0.2, 0.25) is 0 Å². The highest BCUT2D eigenvalue weighted by molar-refractivity contribution is 6.16. The quantitative estimate of drug-likeness (QED) is 0.782. The molecule has 0 fully saturated rings. The predicted molar refractivity (Wildman–Crippen MR) is 73.0 cm³/mol. The zero-order valence-electron chi connectivity index (χ0n) is 11.0. The fourth-order valence-electron chi connectivity index (χ4n) is 2.20. The number of methoxy groups -OCH3 is 1. The van der Waals surface area contributed by atoms with E-state index in [9.17, 15) is 0 Å². The van der Waals surface area contributed by atoms with E-state index in [0.717, 1.165) is 29.0 Å². The van der Waals surface area contributed by atoms with Gasteiger partial charge in [0.15, 0.2) is 5.65 Å². The van der Waals surface area contributed by atoms with Crippen LogP contribution in [0, 0.1) is 6.92 Å². The van der Waals surface area contributed by atoms with E-state index in [1.807, 2.05) is 19.2 Å². The van der Waals surface area contributed by atoms with E-state index < -0.39 is 0 Å². The van der Waals surface area contributed by atoms with Gasteiger partial charge in [-0.2, -0.15) is 0 Å². The molecule has 98 valence electrons. The molecule has 4 nitrogen and oxygen atoms in total. The molecule has 0 spiro atoms. The lowest BCUT2D eigenvalue weighted by atomic mass is 10.2. The molecule has 0 bridgehead atoms. The fraction of sp³-hybridized carbons (Fsp3) is 0.538. The van der Waals surface area contributed by atoms with Gasteiger partial charge in [-0.05, 0) is 25.0 Å². The Balaban J connectivity index is 2.62. The summed E-state index contributed by atoms with van der Waals surface area (Å²) >= 11 is 6.01. The first-order valence-electron chi connectivity index (χ1n) is 6.10. The van der Waals surface area contributed by atoms with Crippen molar-refractivity contribution in [2.45, 2.75) is 32.2 Å². The zero-order valence-corrected chi connectivity index (χ0v) is 11.7. The minimum Gasteiger partial charge on any atom is -0.383 e. The van der Waals surface area contributed by atoms with E-state index in [1.54, 1.807) is 7.11 Å². The molecule has 1 atom stereocenters. The molecule has 2 aromatic heterocycles. The molecule has 0 saturated carbocycles. The zero-order chi connectivity index (χ0) is 13.1. The van der Waals surface area contributed by atoms with Crippen LogP contribution < -0.4 is 0 Å². The maximum absolute atomic E-state index is 6.01. The van der Waals surface area contributed by atoms with Crippen molar-refractivity contribution in [1.29, 1.82) is 0 Å². The minimum atomic E-state index is 0.225. The Kier molecular flexibility index (Phi) is 4.19. The molecule has 0 aromatic carbocycles. The van der Waals surface area contributed by atoms with Crippen LogP contribution in [0.3, 0.4) is 0 Å². The first kappa shape index (κ1) is 13.3. The van der Waals surface area contributed by atoms with Gasteiger partial charge in [0.05, 0.1) is 18.5 Å². The Bertz CT molecular complexity index is 538. The summed E-state index contributed by atoms with van der Waals surface area (Å²) in [5.74, 6) is 1.24. The molecule has 0 amide bonds. The summed E-state index contributed by atoms with van der Waals surface area (Å²) in [5, 5.41) is 0. The summed E-state index contributed by atoms with van der Waals surface area (Å²) in [7, 11) is 1.71. The maximum atomic E-state index is 6.01. The van der Waals surface area contributed by atoms with E-state index >= 15 is 0 Å². The number of halogens is 1. The minimum absolute atomic E-state index is 0.225. The summed E-state index contributed by atoms with van der Waals surface area (Å²) in [6.07, 6.45) is 2.77. The van der Waals surface area contributed by atoms with E-state index in [-0.39, 0.29) is 6.04 Å². The number of hydrogen-bond acceptors (Lipinski definition) is 3. The van der Waals surface area contributed by atoms with Crippen molar-refractivity contribution < 1.29 is 4.74 Å². The van der Waals surface area contributed by atoms with E-state index in [0.29, 0.717) is 12.5 Å². The van der Waals surface area contributed by atoms with Crippen molar-refractivity contribution in [2.75, 3.05) is 13.7 Å². The lowest BCUT2D eigenvalue weighted by molar-refractivity contribution is 0.153. The van der Waals surface area contributed by atoms with Crippen LogP contribution >= 0.6 is 11.6 Å². The van der Waals surface area contributed by atoms with Crippen LogP contribution in [-0.4, -0.2) is 28.3 Å². The molecule has 0 aliphatic heterocycles. The Morgan fingerprint density at radius 1 is 1.50 bits per heavy atom. The molecule has 2 rings (SSSR count). The van der Waals surface area contributed by atoms with E-state index in [2.05, 4.69) is 21.5 Å². The molecule has 1 unspecified atom stereocenters. The summed E-state index contributed by atoms with van der Waals surface area (Å²) in [6, 6.07) is 2.19. The molecule has 0 aliphatic rings. The third kappa shape index (κ3) is 2.22. The Labute approximate surface area is 112 Å². The van der Waals surface area contributed by atoms with Crippen LogP contribution in [0.5, 0.6) is 0 Å². The lowest BCUT2D eigenvalue weighted by Crippen LogP contribution is -2.16. The number of alkyl halides is 1. The number of nitrogens with zero attached hydrogens (tertiary/aromatic N) is 3. The van der Waals surface area contributed by atoms with Gasteiger partial charge in [-0.1, -0.05) is 6.92 Å². The van der Waals surface area contributed by atoms with Crippen molar-refractivity contribution in [2.24, 2.45) is 0 Å². The highest BCUT2D eigenvalue weighted by atomic mass is 35.5. The number of imidazole rings is 1. The van der Waals surface area contributed by atoms with Gasteiger partial charge in [-0.25, -0.2) is 9.97 Å². The van der Waals surface area contributed by atoms with Gasteiger partial charge >= 0.3 is 0 Å². The van der Waals surface area contributed by atoms with Crippen molar-refractivity contribution in [1.82, 2.24) is 14.5 Å². The number of hydrogen-bond donors (Lipinski definition) is 0. The molecule has 18 heavy (non-hydrogen) atoms. The van der Waals surface area contributed by atoms with Gasteiger partial charge in [0.25, 0.3) is 0 Å². The highest BCUT2D eigenvalue weighted by Gasteiger charge is 2.19. The van der Waals surface area contributed by atoms with Crippen molar-refractivity contribution in [3.05, 3.63) is 23.7 Å². The molecule has 0 saturated heterocycles. The number of rotatable bonds is 5. The molecule has 0 N–H and O–H groups in total. The maximum Gasteiger partial charge on any atom is 0.160 e. The van der Waals surface area contributed by atoms with Crippen molar-refractivity contribution in [3.63, 3.8) is 0 Å². The SMILES string of the molecule is CCC(COC)n1c(CCl)nc2c(C)ccnc21. The third-order valence-corrected chi connectivity index (χ3v) is 3.41. The summed E-state index contributed by atoms with van der Waals surface area (Å²) in [6.45, 7) is 4.81. The number of aromatic nitrogens is 3. The largest absolute Gasteiger partial charge is 0.383 e. The van der Waals surface area contributed by atoms with Gasteiger partial charge in [-0.15, -0.1) is 11.6 Å². The highest BCUT2D eigenvalue weighted by Crippen LogP contribution is 2.24. The number of fused-ring (bicyclic) bond motifs is 1. The average Bonchev–Trinajstić information content (AvgIpc) is 2.76. The first-order valence-corrected chi connectivity index (χ1v) is 6.63. The molecular formula is C13H18ClN3O. The van der Waals surface area contributed by atoms with Crippen molar-refractivity contribution >= 4 is 22.8 Å². The second-order valence-corrected chi connectivity index (χ2v) is 4.62. The molecule has 5 heteroatoms. The van der Waals surface area contributed by atoms with Crippen LogP contribution in [0.1, 0.15) is 30.8 Å². The summed E-state index contributed by atoms with van der Waals surface area (Å²) < 4.78 is 7.39. The van der Waals surface area contributed by atoms with Gasteiger partial charge in [0, 0.05) is 13.3 Å². The number of pyridine rings is 1. The van der Waals surface area contributed by atoms with Crippen LogP contribution in [0.25, 0.3) is 11.2 Å². The first-order chi connectivity index (χ1) is 8.72. The van der Waals surface area contributed by atoms with Crippen molar-refractivity contribution in [3.8, 4) is 0 Å². The Morgan fingerprint density at radius 3 is 2.89 bits per heavy atom. The number of aryl methyl sites for hydroxylation is 1. The normalized spacial score (nSPS) is 13.1. The van der Waals surface area contributed by atoms with Gasteiger partial charge in [-0.3, -0.25) is 0 Å². The van der Waals surface area contributed by atoms with Crippen LogP contribution in [0.4, 0.5) is 0 Å². The Hall–Kier alpha value is -1.13. The third-order valence-electron chi connectivity index (χ3n) is 3.17. The summed E-state index contributed by atoms with van der Waals surface area (Å²) in [4.78, 5) is 9.04. The van der Waals surface area contributed by atoms with E-state index in [4.69, 9.17) is 16.3 Å². The Morgan fingerprint density at radius 2 is 2.28 bits per heavy atom. The van der Waals surface area contributed by atoms with Crippen LogP contribution in [0.15, 0.2) is 12.3 Å². The molecular weight excluding hydrogens is 250 g/mol. The average molecular weight is 268 g/mol. The molecule has 0 aliphatic carbocycles. The molecule has 0 radical (unpaired) electrons. The molecule has 2 heterocycles. The lowest BCUT2D eigenvalue weighted by Gasteiger charge is -2.18. The standard InChI is InChI=1S/C13H18ClN3O/c1-4-10(8-18-3)17-11(7-14)16-12-9(2)5-6-15-13(12)17/h5-6,10H,4,7-8H2,1-3H3. The second-order valence-electron chi connectivity index (χ2n) is 4.35. The van der Waals surface area contributed by atoms with Crippen LogP contribution in [-0.2, 0) is 10.6 Å². The van der Waals surface area contributed by atoms with E-state index in [1.165, 1.54) is 0 Å². The second kappa shape index (κ2) is 5.67. The fourth-order valence-corrected chi connectivity index (χ4v) is 2.39. The smallest absolute Gasteiger partial charge is 0.160 e. The predicted octanol–water partition coefficient (Wildman–Crippen LogP) is 3.08. The summed E-state index contributed by atoms with van der Waals surface area (Å²) in [5.41, 5.74) is 2.95. The van der Waals surface area contributed by atoms with Gasteiger partial charge < -0.3 is 9.30 Å².